The first-order chi connectivity index (χ1) is 15.9. The Bertz CT molecular complexity index is 1170. The predicted octanol–water partition coefficient (Wildman–Crippen LogP) is 5.72. The van der Waals surface area contributed by atoms with E-state index in [1.807, 2.05) is 6.07 Å². The molecule has 2 heterocycles. The average molecular weight is 448 g/mol. The molecule has 4 nitrogen and oxygen atoms in total. The van der Waals surface area contributed by atoms with Crippen LogP contribution in [0.25, 0.3) is 10.9 Å². The number of para-hydroxylation sites is 1. The molecule has 1 aliphatic carbocycles. The number of rotatable bonds is 4. The van der Waals surface area contributed by atoms with Gasteiger partial charge in [-0.1, -0.05) is 37.3 Å². The van der Waals surface area contributed by atoms with Gasteiger partial charge in [0.05, 0.1) is 5.54 Å². The van der Waals surface area contributed by atoms with Gasteiger partial charge in [-0.2, -0.15) is 0 Å². The van der Waals surface area contributed by atoms with Crippen LogP contribution in [0.2, 0.25) is 0 Å². The second-order valence-corrected chi connectivity index (χ2v) is 10.0. The van der Waals surface area contributed by atoms with Crippen LogP contribution in [0.15, 0.2) is 48.5 Å². The molecule has 33 heavy (non-hydrogen) atoms. The SMILES string of the molecule is CCCC(=O)N1CCc2c([nH]c3ccccc23)C12CCC(c1cccc(F)c1)(N(C)C)CC2. The molecule has 5 rings (SSSR count). The molecule has 1 N–H and O–H groups in total. The van der Waals surface area contributed by atoms with Crippen LogP contribution in [0.3, 0.4) is 0 Å². The minimum Gasteiger partial charge on any atom is -0.356 e. The number of benzene rings is 2. The number of carbonyl (C=O) groups is 1. The van der Waals surface area contributed by atoms with Crippen LogP contribution >= 0.6 is 0 Å². The van der Waals surface area contributed by atoms with Gasteiger partial charge in [-0.3, -0.25) is 9.69 Å². The molecule has 1 aliphatic heterocycles. The molecular weight excluding hydrogens is 413 g/mol. The van der Waals surface area contributed by atoms with Gasteiger partial charge >= 0.3 is 0 Å². The number of nitrogens with zero attached hydrogens (tertiary/aromatic N) is 2. The summed E-state index contributed by atoms with van der Waals surface area (Å²) in [6.07, 6.45) is 5.78. The third-order valence-corrected chi connectivity index (χ3v) is 8.27. The standard InChI is InChI=1S/C28H34FN3O/c1-4-8-25(33)32-18-13-23-22-11-5-6-12-24(22)30-26(23)28(32)16-14-27(15-17-28,31(2)3)20-9-7-10-21(29)19-20/h5-7,9-12,19,30H,4,8,13-18H2,1-3H3. The second kappa shape index (κ2) is 8.28. The highest BCUT2D eigenvalue weighted by molar-refractivity contribution is 5.86. The number of aromatic nitrogens is 1. The average Bonchev–Trinajstić information content (AvgIpc) is 3.20. The summed E-state index contributed by atoms with van der Waals surface area (Å²) >= 11 is 0. The molecule has 1 spiro atoms. The number of hydrogen-bond acceptors (Lipinski definition) is 2. The van der Waals surface area contributed by atoms with Crippen LogP contribution in [-0.4, -0.2) is 41.3 Å². The maximum absolute atomic E-state index is 14.2. The first kappa shape index (κ1) is 22.1. The van der Waals surface area contributed by atoms with Crippen molar-refractivity contribution in [3.63, 3.8) is 0 Å². The van der Waals surface area contributed by atoms with E-state index in [2.05, 4.69) is 66.1 Å². The number of aromatic amines is 1. The molecule has 1 amide bonds. The highest BCUT2D eigenvalue weighted by Gasteiger charge is 2.52. The molecule has 2 aromatic carbocycles. The minimum atomic E-state index is -0.328. The number of carbonyl (C=O) groups excluding carboxylic acids is 1. The number of amides is 1. The van der Waals surface area contributed by atoms with Crippen LogP contribution < -0.4 is 0 Å². The summed E-state index contributed by atoms with van der Waals surface area (Å²) in [4.78, 5) is 21.5. The van der Waals surface area contributed by atoms with Gasteiger partial charge in [-0.25, -0.2) is 4.39 Å². The van der Waals surface area contributed by atoms with Crippen molar-refractivity contribution in [2.24, 2.45) is 0 Å². The molecule has 1 saturated carbocycles. The fourth-order valence-electron chi connectivity index (χ4n) is 6.51. The van der Waals surface area contributed by atoms with Crippen molar-refractivity contribution in [3.8, 4) is 0 Å². The Morgan fingerprint density at radius 1 is 1.09 bits per heavy atom. The molecule has 1 fully saturated rings. The zero-order chi connectivity index (χ0) is 23.2. The van der Waals surface area contributed by atoms with Gasteiger partial charge in [0.15, 0.2) is 0 Å². The monoisotopic (exact) mass is 447 g/mol. The molecule has 174 valence electrons. The highest BCUT2D eigenvalue weighted by atomic mass is 19.1. The molecule has 0 radical (unpaired) electrons. The fourth-order valence-corrected chi connectivity index (χ4v) is 6.51. The van der Waals surface area contributed by atoms with E-state index in [0.29, 0.717) is 6.42 Å². The lowest BCUT2D eigenvalue weighted by Gasteiger charge is -2.55. The van der Waals surface area contributed by atoms with E-state index < -0.39 is 0 Å². The lowest BCUT2D eigenvalue weighted by molar-refractivity contribution is -0.143. The van der Waals surface area contributed by atoms with Gasteiger partial charge in [-0.15, -0.1) is 0 Å². The summed E-state index contributed by atoms with van der Waals surface area (Å²) in [6, 6.07) is 15.6. The quantitative estimate of drug-likeness (QED) is 0.556. The van der Waals surface area contributed by atoms with Crippen LogP contribution in [-0.2, 0) is 22.3 Å². The van der Waals surface area contributed by atoms with Crippen molar-refractivity contribution < 1.29 is 9.18 Å². The Balaban J connectivity index is 1.60. The Hall–Kier alpha value is -2.66. The largest absolute Gasteiger partial charge is 0.356 e. The molecule has 2 aliphatic rings. The maximum atomic E-state index is 14.2. The normalized spacial score (nSPS) is 25.1. The minimum absolute atomic E-state index is 0.190. The molecule has 3 aromatic rings. The van der Waals surface area contributed by atoms with Crippen molar-refractivity contribution in [3.05, 3.63) is 71.2 Å². The Morgan fingerprint density at radius 2 is 1.85 bits per heavy atom. The second-order valence-electron chi connectivity index (χ2n) is 10.0. The van der Waals surface area contributed by atoms with E-state index >= 15 is 0 Å². The van der Waals surface area contributed by atoms with Crippen molar-refractivity contribution >= 4 is 16.8 Å². The predicted molar refractivity (Wildman–Crippen MR) is 131 cm³/mol. The van der Waals surface area contributed by atoms with Crippen LogP contribution in [0.5, 0.6) is 0 Å². The van der Waals surface area contributed by atoms with Crippen molar-refractivity contribution in [2.45, 2.75) is 62.9 Å². The van der Waals surface area contributed by atoms with E-state index in [-0.39, 0.29) is 22.8 Å². The third kappa shape index (κ3) is 3.40. The summed E-state index contributed by atoms with van der Waals surface area (Å²) < 4.78 is 14.2. The lowest BCUT2D eigenvalue weighted by Crippen LogP contribution is -2.58. The van der Waals surface area contributed by atoms with Gasteiger partial charge in [0.2, 0.25) is 5.91 Å². The van der Waals surface area contributed by atoms with Crippen molar-refractivity contribution in [1.82, 2.24) is 14.8 Å². The number of halogens is 1. The summed E-state index contributed by atoms with van der Waals surface area (Å²) in [7, 11) is 4.19. The molecule has 0 atom stereocenters. The smallest absolute Gasteiger partial charge is 0.223 e. The first-order valence-corrected chi connectivity index (χ1v) is 12.3. The summed E-state index contributed by atoms with van der Waals surface area (Å²) in [5.74, 6) is 0.0641. The zero-order valence-electron chi connectivity index (χ0n) is 20.0. The molecule has 0 bridgehead atoms. The number of nitrogens with one attached hydrogen (secondary N) is 1. The summed E-state index contributed by atoms with van der Waals surface area (Å²) in [5.41, 5.74) is 4.21. The van der Waals surface area contributed by atoms with E-state index in [4.69, 9.17) is 0 Å². The molecule has 1 aromatic heterocycles. The molecular formula is C28H34FN3O. The molecule has 0 unspecified atom stereocenters. The molecule has 0 saturated heterocycles. The lowest BCUT2D eigenvalue weighted by atomic mass is 9.65. The van der Waals surface area contributed by atoms with Crippen molar-refractivity contribution in [2.75, 3.05) is 20.6 Å². The Kier molecular flexibility index (Phi) is 5.56. The topological polar surface area (TPSA) is 39.3 Å². The summed E-state index contributed by atoms with van der Waals surface area (Å²) in [5, 5.41) is 1.28. The van der Waals surface area contributed by atoms with Gasteiger partial charge in [0.1, 0.15) is 5.82 Å². The van der Waals surface area contributed by atoms with Gasteiger partial charge in [0, 0.05) is 35.1 Å². The number of H-pyrrole nitrogens is 1. The third-order valence-electron chi connectivity index (χ3n) is 8.27. The van der Waals surface area contributed by atoms with Gasteiger partial charge in [-0.05, 0) is 81.9 Å². The van der Waals surface area contributed by atoms with E-state index in [0.717, 1.165) is 56.1 Å². The van der Waals surface area contributed by atoms with Crippen molar-refractivity contribution in [1.29, 1.82) is 0 Å². The van der Waals surface area contributed by atoms with Gasteiger partial charge < -0.3 is 9.88 Å². The van der Waals surface area contributed by atoms with Crippen LogP contribution in [0, 0.1) is 5.82 Å². The fraction of sp³-hybridized carbons (Fsp3) is 0.464. The summed E-state index contributed by atoms with van der Waals surface area (Å²) in [6.45, 7) is 2.84. The Labute approximate surface area is 195 Å². The molecule has 5 heteroatoms. The van der Waals surface area contributed by atoms with Crippen LogP contribution in [0.1, 0.15) is 62.3 Å². The van der Waals surface area contributed by atoms with E-state index in [1.165, 1.54) is 22.7 Å². The van der Waals surface area contributed by atoms with E-state index in [9.17, 15) is 9.18 Å². The Morgan fingerprint density at radius 3 is 2.55 bits per heavy atom. The van der Waals surface area contributed by atoms with Crippen LogP contribution in [0.4, 0.5) is 4.39 Å². The zero-order valence-corrected chi connectivity index (χ0v) is 20.0. The van der Waals surface area contributed by atoms with E-state index in [1.54, 1.807) is 6.07 Å². The number of fused-ring (bicyclic) bond motifs is 4. The number of hydrogen-bond donors (Lipinski definition) is 1. The maximum Gasteiger partial charge on any atom is 0.223 e. The first-order valence-electron chi connectivity index (χ1n) is 12.3. The highest BCUT2D eigenvalue weighted by Crippen LogP contribution is 2.53. The van der Waals surface area contributed by atoms with Gasteiger partial charge in [0.25, 0.3) is 0 Å².